The van der Waals surface area contributed by atoms with Gasteiger partial charge in [-0.2, -0.15) is 0 Å². The Hall–Kier alpha value is -2.93. The zero-order valence-corrected chi connectivity index (χ0v) is 13.6. The number of anilines is 1. The summed E-state index contributed by atoms with van der Waals surface area (Å²) in [6, 6.07) is 9.00. The van der Waals surface area contributed by atoms with Crippen molar-refractivity contribution >= 4 is 33.8 Å². The maximum absolute atomic E-state index is 13.5. The lowest BCUT2D eigenvalue weighted by Gasteiger charge is -2.05. The van der Waals surface area contributed by atoms with E-state index in [4.69, 9.17) is 0 Å². The number of hydrogen-bond donors (Lipinski definition) is 1. The largest absolute Gasteiger partial charge is 0.298 e. The third kappa shape index (κ3) is 2.94. The zero-order chi connectivity index (χ0) is 17.4. The van der Waals surface area contributed by atoms with Gasteiger partial charge in [-0.3, -0.25) is 15.1 Å². The minimum absolute atomic E-state index is 0.304. The van der Waals surface area contributed by atoms with Crippen molar-refractivity contribution in [1.82, 2.24) is 4.98 Å². The summed E-state index contributed by atoms with van der Waals surface area (Å²) in [5.74, 6) is -2.12. The van der Waals surface area contributed by atoms with Crippen LogP contribution in [0, 0.1) is 11.6 Å². The van der Waals surface area contributed by atoms with E-state index in [9.17, 15) is 13.6 Å². The molecule has 3 aromatic rings. The maximum atomic E-state index is 13.5. The monoisotopic (exact) mass is 355 g/mol. The van der Waals surface area contributed by atoms with E-state index in [1.54, 1.807) is 23.7 Å². The molecule has 1 N–H and O–H groups in total. The number of hydrogen-bond acceptors (Lipinski definition) is 4. The molecule has 1 aromatic heterocycles. The van der Waals surface area contributed by atoms with E-state index in [1.807, 2.05) is 6.07 Å². The van der Waals surface area contributed by atoms with Gasteiger partial charge in [0.25, 0.3) is 5.91 Å². The van der Waals surface area contributed by atoms with Gasteiger partial charge in [0.1, 0.15) is 0 Å². The van der Waals surface area contributed by atoms with E-state index in [-0.39, 0.29) is 5.91 Å². The molecule has 1 aliphatic rings. The predicted octanol–water partition coefficient (Wildman–Crippen LogP) is 4.35. The molecule has 0 atom stereocenters. The lowest BCUT2D eigenvalue weighted by molar-refractivity contribution is 0.102. The lowest BCUT2D eigenvalue weighted by atomic mass is 10.0. The Morgan fingerprint density at radius 2 is 2.04 bits per heavy atom. The van der Waals surface area contributed by atoms with E-state index in [2.05, 4.69) is 15.3 Å². The number of para-hydroxylation sites is 1. The van der Waals surface area contributed by atoms with Gasteiger partial charge in [-0.05, 0) is 29.3 Å². The van der Waals surface area contributed by atoms with Crippen LogP contribution in [0.25, 0.3) is 0 Å². The smallest absolute Gasteiger partial charge is 0.259 e. The number of halogens is 2. The SMILES string of the molecule is O=C(Nc1nccs1)c1cccc2c1N=C(c1ccc(F)c(F)c1)C2. The molecule has 0 spiro atoms. The fourth-order valence-corrected chi connectivity index (χ4v) is 3.22. The minimum atomic E-state index is -0.919. The first-order valence-electron chi connectivity index (χ1n) is 7.47. The van der Waals surface area contributed by atoms with Gasteiger partial charge < -0.3 is 0 Å². The molecular formula is C18H11F2N3OS. The molecule has 0 unspecified atom stereocenters. The summed E-state index contributed by atoms with van der Waals surface area (Å²) < 4.78 is 26.6. The molecule has 0 radical (unpaired) electrons. The second-order valence-corrected chi connectivity index (χ2v) is 6.36. The Bertz CT molecular complexity index is 1000. The van der Waals surface area contributed by atoms with Crippen LogP contribution in [0.15, 0.2) is 53.0 Å². The standard InChI is InChI=1S/C18H11F2N3OS/c19-13-5-4-10(8-14(13)20)15-9-11-2-1-3-12(16(11)22-15)17(24)23-18-21-6-7-25-18/h1-8H,9H2,(H,21,23,24). The molecule has 124 valence electrons. The third-order valence-electron chi connectivity index (χ3n) is 3.87. The van der Waals surface area contributed by atoms with Crippen LogP contribution >= 0.6 is 11.3 Å². The summed E-state index contributed by atoms with van der Waals surface area (Å²) in [7, 11) is 0. The molecular weight excluding hydrogens is 344 g/mol. The molecule has 4 rings (SSSR count). The first kappa shape index (κ1) is 15.6. The Morgan fingerprint density at radius 3 is 2.80 bits per heavy atom. The van der Waals surface area contributed by atoms with Crippen molar-refractivity contribution < 1.29 is 13.6 Å². The number of nitrogens with zero attached hydrogens (tertiary/aromatic N) is 2. The van der Waals surface area contributed by atoms with E-state index in [1.165, 1.54) is 17.4 Å². The number of rotatable bonds is 3. The zero-order valence-electron chi connectivity index (χ0n) is 12.8. The van der Waals surface area contributed by atoms with Crippen molar-refractivity contribution in [3.05, 3.63) is 76.3 Å². The Kier molecular flexibility index (Phi) is 3.85. The first-order valence-corrected chi connectivity index (χ1v) is 8.35. The second-order valence-electron chi connectivity index (χ2n) is 5.47. The maximum Gasteiger partial charge on any atom is 0.259 e. The van der Waals surface area contributed by atoms with Crippen LogP contribution in [0.5, 0.6) is 0 Å². The number of benzene rings is 2. The minimum Gasteiger partial charge on any atom is -0.298 e. The van der Waals surface area contributed by atoms with Gasteiger partial charge in [-0.1, -0.05) is 18.2 Å². The quantitative estimate of drug-likeness (QED) is 0.759. The summed E-state index contributed by atoms with van der Waals surface area (Å²) in [5.41, 5.74) is 2.94. The lowest BCUT2D eigenvalue weighted by Crippen LogP contribution is -2.11. The average Bonchev–Trinajstić information content (AvgIpc) is 3.26. The summed E-state index contributed by atoms with van der Waals surface area (Å²) in [6.45, 7) is 0. The molecule has 0 saturated carbocycles. The summed E-state index contributed by atoms with van der Waals surface area (Å²) in [5, 5.41) is 5.00. The van der Waals surface area contributed by atoms with Crippen LogP contribution in [0.4, 0.5) is 19.6 Å². The van der Waals surface area contributed by atoms with Crippen molar-refractivity contribution in [2.45, 2.75) is 6.42 Å². The van der Waals surface area contributed by atoms with Crippen LogP contribution in [-0.4, -0.2) is 16.6 Å². The van der Waals surface area contributed by atoms with E-state index >= 15 is 0 Å². The number of aromatic nitrogens is 1. The molecule has 2 heterocycles. The van der Waals surface area contributed by atoms with E-state index < -0.39 is 11.6 Å². The van der Waals surface area contributed by atoms with Crippen molar-refractivity contribution in [3.63, 3.8) is 0 Å². The van der Waals surface area contributed by atoms with Crippen molar-refractivity contribution in [3.8, 4) is 0 Å². The third-order valence-corrected chi connectivity index (χ3v) is 4.56. The fourth-order valence-electron chi connectivity index (χ4n) is 2.70. The first-order chi connectivity index (χ1) is 12.1. The fraction of sp³-hybridized carbons (Fsp3) is 0.0556. The van der Waals surface area contributed by atoms with Gasteiger partial charge in [0.05, 0.1) is 17.0 Å². The molecule has 25 heavy (non-hydrogen) atoms. The van der Waals surface area contributed by atoms with Crippen LogP contribution in [0.3, 0.4) is 0 Å². The van der Waals surface area contributed by atoms with Gasteiger partial charge in [-0.25, -0.2) is 13.8 Å². The summed E-state index contributed by atoms with van der Waals surface area (Å²) >= 11 is 1.32. The predicted molar refractivity (Wildman–Crippen MR) is 92.8 cm³/mol. The van der Waals surface area contributed by atoms with Crippen LogP contribution in [-0.2, 0) is 6.42 Å². The highest BCUT2D eigenvalue weighted by Crippen LogP contribution is 2.33. The average molecular weight is 355 g/mol. The van der Waals surface area contributed by atoms with Gasteiger partial charge >= 0.3 is 0 Å². The highest BCUT2D eigenvalue weighted by atomic mass is 32.1. The molecule has 4 nitrogen and oxygen atoms in total. The number of aliphatic imine (C=N–C) groups is 1. The Labute approximate surface area is 145 Å². The topological polar surface area (TPSA) is 54.4 Å². The molecule has 7 heteroatoms. The van der Waals surface area contributed by atoms with Gasteiger partial charge in [0.15, 0.2) is 16.8 Å². The highest BCUT2D eigenvalue weighted by Gasteiger charge is 2.22. The number of fused-ring (bicyclic) bond motifs is 1. The van der Waals surface area contributed by atoms with Crippen LogP contribution < -0.4 is 5.32 Å². The Balaban J connectivity index is 1.68. The van der Waals surface area contributed by atoms with E-state index in [0.717, 1.165) is 17.7 Å². The highest BCUT2D eigenvalue weighted by molar-refractivity contribution is 7.13. The Morgan fingerprint density at radius 1 is 1.16 bits per heavy atom. The second kappa shape index (κ2) is 6.18. The van der Waals surface area contributed by atoms with Crippen LogP contribution in [0.2, 0.25) is 0 Å². The molecule has 1 aliphatic heterocycles. The summed E-state index contributed by atoms with van der Waals surface area (Å²) in [6.07, 6.45) is 2.06. The molecule has 0 bridgehead atoms. The van der Waals surface area contributed by atoms with Gasteiger partial charge in [0.2, 0.25) is 0 Å². The molecule has 1 amide bonds. The summed E-state index contributed by atoms with van der Waals surface area (Å²) in [4.78, 5) is 21.0. The van der Waals surface area contributed by atoms with E-state index in [0.29, 0.717) is 34.1 Å². The van der Waals surface area contributed by atoms with Crippen LogP contribution in [0.1, 0.15) is 21.5 Å². The number of amides is 1. The number of thiazole rings is 1. The van der Waals surface area contributed by atoms with Gasteiger partial charge in [0, 0.05) is 18.0 Å². The van der Waals surface area contributed by atoms with Crippen molar-refractivity contribution in [1.29, 1.82) is 0 Å². The molecule has 0 fully saturated rings. The number of carbonyl (C=O) groups excluding carboxylic acids is 1. The van der Waals surface area contributed by atoms with Crippen molar-refractivity contribution in [2.75, 3.05) is 5.32 Å². The normalized spacial score (nSPS) is 12.6. The molecule has 0 saturated heterocycles. The van der Waals surface area contributed by atoms with Crippen molar-refractivity contribution in [2.24, 2.45) is 4.99 Å². The van der Waals surface area contributed by atoms with Gasteiger partial charge in [-0.15, -0.1) is 11.3 Å². The molecule has 0 aliphatic carbocycles. The number of carbonyl (C=O) groups is 1. The number of nitrogens with one attached hydrogen (secondary N) is 1. The molecule has 2 aromatic carbocycles.